The summed E-state index contributed by atoms with van der Waals surface area (Å²) in [6.07, 6.45) is 0. The third-order valence-corrected chi connectivity index (χ3v) is 3.50. The number of ether oxygens (including phenoxy) is 1. The quantitative estimate of drug-likeness (QED) is 0.657. The fraction of sp³-hybridized carbons (Fsp3) is 0.143. The first-order valence-electron chi connectivity index (χ1n) is 6.06. The molecule has 110 valence electrons. The highest BCUT2D eigenvalue weighted by atomic mass is 79.9. The molecule has 0 fully saturated rings. The van der Waals surface area contributed by atoms with E-state index in [4.69, 9.17) is 10.5 Å². The molecule has 2 N–H and O–H groups in total. The summed E-state index contributed by atoms with van der Waals surface area (Å²) in [5, 5.41) is 10.9. The Bertz CT molecular complexity index is 679. The molecule has 0 radical (unpaired) electrons. The van der Waals surface area contributed by atoms with Crippen LogP contribution in [0.25, 0.3) is 0 Å². The van der Waals surface area contributed by atoms with Crippen molar-refractivity contribution in [3.63, 3.8) is 0 Å². The van der Waals surface area contributed by atoms with Crippen LogP contribution in [0.15, 0.2) is 40.9 Å². The normalized spacial score (nSPS) is 10.4. The summed E-state index contributed by atoms with van der Waals surface area (Å²) in [6.45, 7) is 0.143. The van der Waals surface area contributed by atoms with Crippen LogP contribution in [0.2, 0.25) is 0 Å². The first kappa shape index (κ1) is 15.4. The Labute approximate surface area is 128 Å². The lowest BCUT2D eigenvalue weighted by atomic mass is 10.1. The van der Waals surface area contributed by atoms with Crippen molar-refractivity contribution >= 4 is 21.6 Å². The van der Waals surface area contributed by atoms with E-state index in [0.717, 1.165) is 23.8 Å². The van der Waals surface area contributed by atoms with Crippen LogP contribution in [0.1, 0.15) is 11.1 Å². The molecule has 5 nitrogen and oxygen atoms in total. The van der Waals surface area contributed by atoms with E-state index in [-0.39, 0.29) is 24.4 Å². The molecule has 0 aromatic heterocycles. The van der Waals surface area contributed by atoms with Gasteiger partial charge in [0.25, 0.3) is 5.69 Å². The molecule has 0 amide bonds. The minimum atomic E-state index is -0.567. The molecular weight excluding hydrogens is 343 g/mol. The summed E-state index contributed by atoms with van der Waals surface area (Å²) >= 11 is 3.33. The molecule has 0 aliphatic rings. The standard InChI is InChI=1S/C14H12BrFN2O3/c15-12-3-1-2-9(7-17)14(12)21-8-10-6-11(16)4-5-13(10)18(19)20/h1-6H,7-8,17H2. The lowest BCUT2D eigenvalue weighted by Crippen LogP contribution is -2.05. The number of hydrogen-bond donors (Lipinski definition) is 1. The van der Waals surface area contributed by atoms with Crippen molar-refractivity contribution in [2.75, 3.05) is 0 Å². The Morgan fingerprint density at radius 3 is 2.71 bits per heavy atom. The van der Waals surface area contributed by atoms with Crippen molar-refractivity contribution in [2.45, 2.75) is 13.2 Å². The van der Waals surface area contributed by atoms with Crippen LogP contribution in [-0.2, 0) is 13.2 Å². The minimum Gasteiger partial charge on any atom is -0.487 e. The van der Waals surface area contributed by atoms with Crippen LogP contribution < -0.4 is 10.5 Å². The second-order valence-corrected chi connectivity index (χ2v) is 5.11. The molecule has 0 spiro atoms. The first-order valence-corrected chi connectivity index (χ1v) is 6.85. The molecule has 0 aliphatic carbocycles. The average molecular weight is 355 g/mol. The van der Waals surface area contributed by atoms with Crippen LogP contribution in [0, 0.1) is 15.9 Å². The van der Waals surface area contributed by atoms with Gasteiger partial charge in [-0.25, -0.2) is 4.39 Å². The lowest BCUT2D eigenvalue weighted by Gasteiger charge is -2.12. The van der Waals surface area contributed by atoms with E-state index in [1.165, 1.54) is 0 Å². The zero-order valence-corrected chi connectivity index (χ0v) is 12.5. The molecule has 0 heterocycles. The number of halogens is 2. The number of nitrogens with two attached hydrogens (primary N) is 1. The zero-order valence-electron chi connectivity index (χ0n) is 10.9. The Morgan fingerprint density at radius 2 is 2.05 bits per heavy atom. The van der Waals surface area contributed by atoms with Gasteiger partial charge in [0.2, 0.25) is 0 Å². The second-order valence-electron chi connectivity index (χ2n) is 4.25. The van der Waals surface area contributed by atoms with Crippen LogP contribution in [0.4, 0.5) is 10.1 Å². The van der Waals surface area contributed by atoms with Crippen molar-refractivity contribution in [3.05, 3.63) is 67.9 Å². The summed E-state index contributed by atoms with van der Waals surface area (Å²) in [4.78, 5) is 10.4. The fourth-order valence-corrected chi connectivity index (χ4v) is 2.40. The highest BCUT2D eigenvalue weighted by Gasteiger charge is 2.16. The molecule has 21 heavy (non-hydrogen) atoms. The van der Waals surface area contributed by atoms with E-state index in [9.17, 15) is 14.5 Å². The number of nitro groups is 1. The monoisotopic (exact) mass is 354 g/mol. The maximum atomic E-state index is 13.3. The molecule has 0 saturated heterocycles. The zero-order chi connectivity index (χ0) is 15.4. The number of nitrogens with zero attached hydrogens (tertiary/aromatic N) is 1. The van der Waals surface area contributed by atoms with E-state index in [1.54, 1.807) is 12.1 Å². The SMILES string of the molecule is NCc1cccc(Br)c1OCc1cc(F)ccc1[N+](=O)[O-]. The molecule has 0 atom stereocenters. The summed E-state index contributed by atoms with van der Waals surface area (Å²) < 4.78 is 19.5. The van der Waals surface area contributed by atoms with E-state index in [0.29, 0.717) is 10.2 Å². The van der Waals surface area contributed by atoms with Gasteiger partial charge < -0.3 is 10.5 Å². The van der Waals surface area contributed by atoms with Crippen molar-refractivity contribution in [1.29, 1.82) is 0 Å². The first-order chi connectivity index (χ1) is 10.0. The Balaban J connectivity index is 2.28. The summed E-state index contributed by atoms with van der Waals surface area (Å²) in [7, 11) is 0. The molecule has 0 bridgehead atoms. The van der Waals surface area contributed by atoms with Crippen molar-refractivity contribution in [2.24, 2.45) is 5.73 Å². The van der Waals surface area contributed by atoms with Gasteiger partial charge in [0.05, 0.1) is 15.0 Å². The highest BCUT2D eigenvalue weighted by Crippen LogP contribution is 2.30. The third-order valence-electron chi connectivity index (χ3n) is 2.88. The predicted molar refractivity (Wildman–Crippen MR) is 79.4 cm³/mol. The molecule has 0 unspecified atom stereocenters. The van der Waals surface area contributed by atoms with Gasteiger partial charge in [-0.15, -0.1) is 0 Å². The minimum absolute atomic E-state index is 0.121. The Morgan fingerprint density at radius 1 is 1.29 bits per heavy atom. The molecule has 2 rings (SSSR count). The van der Waals surface area contributed by atoms with Gasteiger partial charge in [-0.05, 0) is 34.1 Å². The third kappa shape index (κ3) is 3.56. The fourth-order valence-electron chi connectivity index (χ4n) is 1.87. The summed E-state index contributed by atoms with van der Waals surface area (Å²) in [6, 6.07) is 8.64. The number of rotatable bonds is 5. The molecular formula is C14H12BrFN2O3. The molecule has 0 aliphatic heterocycles. The van der Waals surface area contributed by atoms with Gasteiger partial charge in [0.15, 0.2) is 0 Å². The highest BCUT2D eigenvalue weighted by molar-refractivity contribution is 9.10. The van der Waals surface area contributed by atoms with Gasteiger partial charge >= 0.3 is 0 Å². The van der Waals surface area contributed by atoms with E-state index < -0.39 is 10.7 Å². The van der Waals surface area contributed by atoms with Gasteiger partial charge in [0.1, 0.15) is 18.2 Å². The van der Waals surface area contributed by atoms with E-state index in [1.807, 2.05) is 6.07 Å². The molecule has 0 saturated carbocycles. The topological polar surface area (TPSA) is 78.4 Å². The van der Waals surface area contributed by atoms with Crippen molar-refractivity contribution in [1.82, 2.24) is 0 Å². The molecule has 2 aromatic carbocycles. The molecule has 2 aromatic rings. The number of para-hydroxylation sites is 1. The summed E-state index contributed by atoms with van der Waals surface area (Å²) in [5.74, 6) is -0.0519. The van der Waals surface area contributed by atoms with E-state index in [2.05, 4.69) is 15.9 Å². The van der Waals surface area contributed by atoms with Gasteiger partial charge in [-0.3, -0.25) is 10.1 Å². The maximum absolute atomic E-state index is 13.3. The smallest absolute Gasteiger partial charge is 0.276 e. The number of hydrogen-bond acceptors (Lipinski definition) is 4. The maximum Gasteiger partial charge on any atom is 0.276 e. The average Bonchev–Trinajstić information content (AvgIpc) is 2.45. The second kappa shape index (κ2) is 6.64. The predicted octanol–water partition coefficient (Wildman–Crippen LogP) is 3.53. The number of nitro benzene ring substituents is 1. The van der Waals surface area contributed by atoms with Crippen LogP contribution >= 0.6 is 15.9 Å². The largest absolute Gasteiger partial charge is 0.487 e. The van der Waals surface area contributed by atoms with Gasteiger partial charge in [0, 0.05) is 18.2 Å². The lowest BCUT2D eigenvalue weighted by molar-refractivity contribution is -0.385. The van der Waals surface area contributed by atoms with Crippen LogP contribution in [-0.4, -0.2) is 4.92 Å². The van der Waals surface area contributed by atoms with E-state index >= 15 is 0 Å². The van der Waals surface area contributed by atoms with Crippen molar-refractivity contribution in [3.8, 4) is 5.75 Å². The summed E-state index contributed by atoms with van der Waals surface area (Å²) in [5.41, 5.74) is 6.36. The number of benzene rings is 2. The molecule has 7 heteroatoms. The van der Waals surface area contributed by atoms with Crippen molar-refractivity contribution < 1.29 is 14.1 Å². The van der Waals surface area contributed by atoms with Crippen LogP contribution in [0.3, 0.4) is 0 Å². The Hall–Kier alpha value is -1.99. The van der Waals surface area contributed by atoms with Gasteiger partial charge in [-0.1, -0.05) is 12.1 Å². The van der Waals surface area contributed by atoms with Crippen LogP contribution in [0.5, 0.6) is 5.75 Å². The Kier molecular flexibility index (Phi) is 4.87. The van der Waals surface area contributed by atoms with Gasteiger partial charge in [-0.2, -0.15) is 0 Å².